The molecule has 0 atom stereocenters. The molecule has 0 aliphatic carbocycles. The highest BCUT2D eigenvalue weighted by Crippen LogP contribution is 2.13. The molecule has 0 aliphatic heterocycles. The van der Waals surface area contributed by atoms with Gasteiger partial charge < -0.3 is 15.4 Å². The number of nitrogen functional groups attached to an aromatic ring is 1. The van der Waals surface area contributed by atoms with Crippen molar-refractivity contribution in [2.24, 2.45) is 0 Å². The Kier molecular flexibility index (Phi) is 5.36. The highest BCUT2D eigenvalue weighted by Gasteiger charge is 2.21. The van der Waals surface area contributed by atoms with Gasteiger partial charge in [-0.05, 0) is 25.5 Å². The van der Waals surface area contributed by atoms with Crippen molar-refractivity contribution in [3.05, 3.63) is 29.8 Å². The first-order valence-electron chi connectivity index (χ1n) is 6.15. The summed E-state index contributed by atoms with van der Waals surface area (Å²) in [5, 5.41) is 0. The fourth-order valence-electron chi connectivity index (χ4n) is 1.72. The molecule has 19 heavy (non-hydrogen) atoms. The molecule has 1 rings (SSSR count). The van der Waals surface area contributed by atoms with E-state index in [4.69, 9.17) is 5.73 Å². The van der Waals surface area contributed by atoms with Crippen LogP contribution in [0.1, 0.15) is 19.4 Å². The van der Waals surface area contributed by atoms with Gasteiger partial charge in [0, 0.05) is 11.7 Å². The molecule has 2 N–H and O–H groups in total. The van der Waals surface area contributed by atoms with E-state index in [-0.39, 0.29) is 24.9 Å². The predicted octanol–water partition coefficient (Wildman–Crippen LogP) is 1.22. The molecule has 0 saturated heterocycles. The summed E-state index contributed by atoms with van der Waals surface area (Å²) >= 11 is 0. The number of para-hydroxylation sites is 1. The van der Waals surface area contributed by atoms with Crippen molar-refractivity contribution in [1.82, 2.24) is 4.90 Å². The van der Waals surface area contributed by atoms with Gasteiger partial charge in [-0.15, -0.1) is 0 Å². The van der Waals surface area contributed by atoms with Gasteiger partial charge >= 0.3 is 5.97 Å². The van der Waals surface area contributed by atoms with E-state index in [1.807, 2.05) is 32.0 Å². The van der Waals surface area contributed by atoms with Crippen molar-refractivity contribution in [3.8, 4) is 0 Å². The summed E-state index contributed by atoms with van der Waals surface area (Å²) < 4.78 is 4.60. The van der Waals surface area contributed by atoms with Crippen LogP contribution in [0, 0.1) is 0 Å². The van der Waals surface area contributed by atoms with Crippen LogP contribution in [0.25, 0.3) is 0 Å². The minimum atomic E-state index is -0.428. The van der Waals surface area contributed by atoms with E-state index in [0.717, 1.165) is 5.56 Å². The number of carbonyl (C=O) groups is 2. The molecule has 0 aromatic heterocycles. The molecule has 0 spiro atoms. The largest absolute Gasteiger partial charge is 0.468 e. The molecule has 5 nitrogen and oxygen atoms in total. The van der Waals surface area contributed by atoms with Crippen molar-refractivity contribution in [2.45, 2.75) is 26.3 Å². The third kappa shape index (κ3) is 4.28. The van der Waals surface area contributed by atoms with Gasteiger partial charge in [-0.1, -0.05) is 18.2 Å². The molecule has 104 valence electrons. The van der Waals surface area contributed by atoms with Gasteiger partial charge in [0.2, 0.25) is 5.91 Å². The minimum Gasteiger partial charge on any atom is -0.468 e. The molecule has 0 heterocycles. The zero-order chi connectivity index (χ0) is 14.4. The average Bonchev–Trinajstić information content (AvgIpc) is 2.37. The Morgan fingerprint density at radius 3 is 2.47 bits per heavy atom. The normalized spacial score (nSPS) is 10.3. The molecule has 0 fully saturated rings. The maximum atomic E-state index is 12.2. The minimum absolute atomic E-state index is 0.0419. The van der Waals surface area contributed by atoms with Gasteiger partial charge in [-0.2, -0.15) is 0 Å². The maximum Gasteiger partial charge on any atom is 0.325 e. The molecule has 1 amide bonds. The molecule has 0 saturated carbocycles. The van der Waals surface area contributed by atoms with Crippen molar-refractivity contribution >= 4 is 17.6 Å². The molecule has 1 aromatic rings. The first kappa shape index (κ1) is 15.0. The monoisotopic (exact) mass is 264 g/mol. The Hall–Kier alpha value is -2.04. The summed E-state index contributed by atoms with van der Waals surface area (Å²) in [6.45, 7) is 3.67. The van der Waals surface area contributed by atoms with E-state index >= 15 is 0 Å². The third-order valence-corrected chi connectivity index (χ3v) is 2.87. The second kappa shape index (κ2) is 6.78. The van der Waals surface area contributed by atoms with Gasteiger partial charge in [0.05, 0.1) is 13.5 Å². The lowest BCUT2D eigenvalue weighted by molar-refractivity contribution is -0.148. The van der Waals surface area contributed by atoms with Gasteiger partial charge in [0.25, 0.3) is 0 Å². The number of ether oxygens (including phenoxy) is 1. The van der Waals surface area contributed by atoms with Crippen LogP contribution in [0.15, 0.2) is 24.3 Å². The van der Waals surface area contributed by atoms with E-state index in [1.54, 1.807) is 6.07 Å². The first-order chi connectivity index (χ1) is 8.95. The summed E-state index contributed by atoms with van der Waals surface area (Å²) in [6, 6.07) is 7.14. The summed E-state index contributed by atoms with van der Waals surface area (Å²) in [5.41, 5.74) is 7.16. The van der Waals surface area contributed by atoms with E-state index in [0.29, 0.717) is 5.69 Å². The van der Waals surface area contributed by atoms with E-state index in [1.165, 1.54) is 12.0 Å². The SMILES string of the molecule is COC(=O)CN(C(=O)Cc1ccccc1N)C(C)C. The van der Waals surface area contributed by atoms with Gasteiger partial charge in [0.15, 0.2) is 0 Å². The Balaban J connectivity index is 2.78. The van der Waals surface area contributed by atoms with Crippen LogP contribution in [-0.2, 0) is 20.7 Å². The second-order valence-corrected chi connectivity index (χ2v) is 4.57. The van der Waals surface area contributed by atoms with Gasteiger partial charge in [-0.3, -0.25) is 9.59 Å². The van der Waals surface area contributed by atoms with Crippen molar-refractivity contribution in [2.75, 3.05) is 19.4 Å². The van der Waals surface area contributed by atoms with Crippen molar-refractivity contribution < 1.29 is 14.3 Å². The van der Waals surface area contributed by atoms with Crippen molar-refractivity contribution in [1.29, 1.82) is 0 Å². The summed E-state index contributed by atoms with van der Waals surface area (Å²) in [4.78, 5) is 25.0. The summed E-state index contributed by atoms with van der Waals surface area (Å²) in [5.74, 6) is -0.568. The van der Waals surface area contributed by atoms with Crippen molar-refractivity contribution in [3.63, 3.8) is 0 Å². The third-order valence-electron chi connectivity index (χ3n) is 2.87. The zero-order valence-electron chi connectivity index (χ0n) is 11.6. The fourth-order valence-corrected chi connectivity index (χ4v) is 1.72. The Bertz CT molecular complexity index is 458. The maximum absolute atomic E-state index is 12.2. The molecule has 5 heteroatoms. The number of benzene rings is 1. The molecular formula is C14H20N2O3. The fraction of sp³-hybridized carbons (Fsp3) is 0.429. The lowest BCUT2D eigenvalue weighted by Gasteiger charge is -2.25. The number of amides is 1. The highest BCUT2D eigenvalue weighted by molar-refractivity contribution is 5.84. The molecule has 0 radical (unpaired) electrons. The smallest absolute Gasteiger partial charge is 0.325 e. The van der Waals surface area contributed by atoms with Crippen LogP contribution >= 0.6 is 0 Å². The molecule has 0 unspecified atom stereocenters. The summed E-state index contributed by atoms with van der Waals surface area (Å²) in [7, 11) is 1.31. The van der Waals surface area contributed by atoms with E-state index < -0.39 is 5.97 Å². The number of carbonyl (C=O) groups excluding carboxylic acids is 2. The number of methoxy groups -OCH3 is 1. The zero-order valence-corrected chi connectivity index (χ0v) is 11.6. The number of anilines is 1. The molecule has 0 bridgehead atoms. The van der Waals surface area contributed by atoms with Gasteiger partial charge in [-0.25, -0.2) is 0 Å². The van der Waals surface area contributed by atoms with E-state index in [9.17, 15) is 9.59 Å². The standard InChI is InChI=1S/C14H20N2O3/c1-10(2)16(9-14(18)19-3)13(17)8-11-6-4-5-7-12(11)15/h4-7,10H,8-9,15H2,1-3H3. The molecule has 0 aliphatic rings. The Labute approximate surface area is 113 Å². The number of rotatable bonds is 5. The predicted molar refractivity (Wildman–Crippen MR) is 73.4 cm³/mol. The van der Waals surface area contributed by atoms with Crippen LogP contribution in [0.5, 0.6) is 0 Å². The Morgan fingerprint density at radius 1 is 1.32 bits per heavy atom. The van der Waals surface area contributed by atoms with Crippen LogP contribution in [0.4, 0.5) is 5.69 Å². The number of nitrogens with zero attached hydrogens (tertiary/aromatic N) is 1. The molecular weight excluding hydrogens is 244 g/mol. The summed E-state index contributed by atoms with van der Waals surface area (Å²) in [6.07, 6.45) is 0.182. The van der Waals surface area contributed by atoms with E-state index in [2.05, 4.69) is 4.74 Å². The lowest BCUT2D eigenvalue weighted by atomic mass is 10.1. The number of hydrogen-bond acceptors (Lipinski definition) is 4. The second-order valence-electron chi connectivity index (χ2n) is 4.57. The van der Waals surface area contributed by atoms with Crippen LogP contribution in [-0.4, -0.2) is 36.5 Å². The van der Waals surface area contributed by atoms with Gasteiger partial charge in [0.1, 0.15) is 6.54 Å². The number of hydrogen-bond donors (Lipinski definition) is 1. The van der Waals surface area contributed by atoms with Crippen LogP contribution < -0.4 is 5.73 Å². The topological polar surface area (TPSA) is 72.6 Å². The molecule has 1 aromatic carbocycles. The number of nitrogens with two attached hydrogens (primary N) is 1. The highest BCUT2D eigenvalue weighted by atomic mass is 16.5. The average molecular weight is 264 g/mol. The van der Waals surface area contributed by atoms with Crippen LogP contribution in [0.2, 0.25) is 0 Å². The van der Waals surface area contributed by atoms with Crippen LogP contribution in [0.3, 0.4) is 0 Å². The first-order valence-corrected chi connectivity index (χ1v) is 6.15. The Morgan fingerprint density at radius 2 is 1.95 bits per heavy atom. The lowest BCUT2D eigenvalue weighted by Crippen LogP contribution is -2.42. The quantitative estimate of drug-likeness (QED) is 0.641. The number of esters is 1.